The summed E-state index contributed by atoms with van der Waals surface area (Å²) >= 11 is 0. The molecule has 0 amide bonds. The molecule has 2 N–H and O–H groups in total. The molecule has 2 heterocycles. The van der Waals surface area contributed by atoms with Gasteiger partial charge in [0.05, 0.1) is 6.20 Å². The van der Waals surface area contributed by atoms with Crippen LogP contribution in [0.2, 0.25) is 0 Å². The Kier molecular flexibility index (Phi) is 5.74. The van der Waals surface area contributed by atoms with Gasteiger partial charge in [0.15, 0.2) is 5.03 Å². The summed E-state index contributed by atoms with van der Waals surface area (Å²) in [5, 5.41) is 9.84. The van der Waals surface area contributed by atoms with Crippen molar-refractivity contribution in [3.8, 4) is 0 Å². The number of likely N-dealkylation sites (tertiary alicyclic amines) is 1. The number of sulfonamides is 1. The van der Waals surface area contributed by atoms with Gasteiger partial charge in [-0.2, -0.15) is 9.40 Å². The average Bonchev–Trinajstić information content (AvgIpc) is 3.13. The summed E-state index contributed by atoms with van der Waals surface area (Å²) in [4.78, 5) is 2.30. The second-order valence-electron chi connectivity index (χ2n) is 5.38. The molecule has 7 nitrogen and oxygen atoms in total. The van der Waals surface area contributed by atoms with E-state index in [4.69, 9.17) is 0 Å². The van der Waals surface area contributed by atoms with Crippen molar-refractivity contribution in [1.82, 2.24) is 24.7 Å². The number of H-pyrrole nitrogens is 1. The summed E-state index contributed by atoms with van der Waals surface area (Å²) in [6.07, 6.45) is 4.00. The van der Waals surface area contributed by atoms with Crippen LogP contribution in [0.15, 0.2) is 11.2 Å². The lowest BCUT2D eigenvalue weighted by molar-refractivity contribution is 0.309. The summed E-state index contributed by atoms with van der Waals surface area (Å²) in [7, 11) is -1.87. The molecule has 0 saturated carbocycles. The van der Waals surface area contributed by atoms with Crippen molar-refractivity contribution in [2.45, 2.75) is 31.3 Å². The first kappa shape index (κ1) is 16.4. The molecule has 1 fully saturated rings. The van der Waals surface area contributed by atoms with Crippen LogP contribution in [-0.4, -0.2) is 67.6 Å². The Bertz CT molecular complexity index is 537. The molecule has 1 aliphatic rings. The van der Waals surface area contributed by atoms with Gasteiger partial charge in [0.2, 0.25) is 0 Å². The van der Waals surface area contributed by atoms with Crippen molar-refractivity contribution in [2.24, 2.45) is 0 Å². The van der Waals surface area contributed by atoms with Crippen molar-refractivity contribution >= 4 is 10.0 Å². The molecule has 0 unspecified atom stereocenters. The number of hydrogen-bond acceptors (Lipinski definition) is 5. The third kappa shape index (κ3) is 4.03. The first-order valence-electron chi connectivity index (χ1n) is 7.47. The van der Waals surface area contributed by atoms with Gasteiger partial charge < -0.3 is 10.2 Å². The van der Waals surface area contributed by atoms with Gasteiger partial charge in [-0.25, -0.2) is 8.42 Å². The standard InChI is InChI=1S/C13H25N5O2S/c1-3-14-10-12-11-15-16-13(12)21(19,20)17(2)8-9-18-6-4-5-7-18/h11,14H,3-10H2,1-2H3,(H,15,16). The van der Waals surface area contributed by atoms with Gasteiger partial charge in [0.1, 0.15) is 0 Å². The predicted octanol–water partition coefficient (Wildman–Crippen LogP) is 0.236. The summed E-state index contributed by atoms with van der Waals surface area (Å²) in [5.41, 5.74) is 0.685. The number of hydrogen-bond donors (Lipinski definition) is 2. The zero-order valence-corrected chi connectivity index (χ0v) is 13.6. The van der Waals surface area contributed by atoms with Crippen LogP contribution in [-0.2, 0) is 16.6 Å². The SMILES string of the molecule is CCNCc1cn[nH]c1S(=O)(=O)N(C)CCN1CCCC1. The third-order valence-electron chi connectivity index (χ3n) is 3.84. The molecule has 0 bridgehead atoms. The molecule has 0 atom stereocenters. The summed E-state index contributed by atoms with van der Waals surface area (Å²) in [5.74, 6) is 0. The molecule has 1 aromatic heterocycles. The van der Waals surface area contributed by atoms with Gasteiger partial charge in [-0.1, -0.05) is 6.92 Å². The Hall–Kier alpha value is -0.960. The van der Waals surface area contributed by atoms with E-state index >= 15 is 0 Å². The first-order chi connectivity index (χ1) is 10.1. The minimum absolute atomic E-state index is 0.201. The van der Waals surface area contributed by atoms with Crippen molar-refractivity contribution in [3.63, 3.8) is 0 Å². The maximum Gasteiger partial charge on any atom is 0.260 e. The van der Waals surface area contributed by atoms with Gasteiger partial charge in [-0.05, 0) is 32.5 Å². The Morgan fingerprint density at radius 3 is 2.81 bits per heavy atom. The maximum atomic E-state index is 12.6. The normalized spacial score (nSPS) is 16.9. The van der Waals surface area contributed by atoms with Crippen LogP contribution in [0.5, 0.6) is 0 Å². The maximum absolute atomic E-state index is 12.6. The fraction of sp³-hybridized carbons (Fsp3) is 0.769. The first-order valence-corrected chi connectivity index (χ1v) is 8.91. The zero-order valence-electron chi connectivity index (χ0n) is 12.8. The van der Waals surface area contributed by atoms with E-state index in [-0.39, 0.29) is 5.03 Å². The summed E-state index contributed by atoms with van der Waals surface area (Å²) in [6.45, 7) is 6.70. The predicted molar refractivity (Wildman–Crippen MR) is 81.5 cm³/mol. The van der Waals surface area contributed by atoms with Crippen LogP contribution in [0, 0.1) is 0 Å². The highest BCUT2D eigenvalue weighted by Gasteiger charge is 2.26. The van der Waals surface area contributed by atoms with E-state index in [1.54, 1.807) is 13.2 Å². The van der Waals surface area contributed by atoms with Crippen molar-refractivity contribution in [2.75, 3.05) is 39.8 Å². The third-order valence-corrected chi connectivity index (χ3v) is 5.71. The van der Waals surface area contributed by atoms with Crippen molar-refractivity contribution < 1.29 is 8.42 Å². The van der Waals surface area contributed by atoms with Crippen LogP contribution >= 0.6 is 0 Å². The Balaban J connectivity index is 2.00. The minimum Gasteiger partial charge on any atom is -0.313 e. The Morgan fingerprint density at radius 2 is 2.14 bits per heavy atom. The zero-order chi connectivity index (χ0) is 15.3. The monoisotopic (exact) mass is 315 g/mol. The van der Waals surface area contributed by atoms with Crippen LogP contribution in [0.3, 0.4) is 0 Å². The summed E-state index contributed by atoms with van der Waals surface area (Å²) in [6, 6.07) is 0. The lowest BCUT2D eigenvalue weighted by atomic mass is 10.3. The lowest BCUT2D eigenvalue weighted by Gasteiger charge is -2.21. The molecule has 1 aromatic rings. The lowest BCUT2D eigenvalue weighted by Crippen LogP contribution is -2.35. The van der Waals surface area contributed by atoms with Gasteiger partial charge in [-0.15, -0.1) is 0 Å². The average molecular weight is 315 g/mol. The number of rotatable bonds is 8. The van der Waals surface area contributed by atoms with Gasteiger partial charge in [-0.3, -0.25) is 5.10 Å². The number of nitrogens with one attached hydrogen (secondary N) is 2. The van der Waals surface area contributed by atoms with Crippen LogP contribution in [0.25, 0.3) is 0 Å². The van der Waals surface area contributed by atoms with Crippen LogP contribution < -0.4 is 5.32 Å². The fourth-order valence-electron chi connectivity index (χ4n) is 2.47. The molecule has 21 heavy (non-hydrogen) atoms. The number of likely N-dealkylation sites (N-methyl/N-ethyl adjacent to an activating group) is 1. The van der Waals surface area contributed by atoms with Gasteiger partial charge in [0, 0.05) is 32.2 Å². The van der Waals surface area contributed by atoms with E-state index in [0.29, 0.717) is 18.7 Å². The molecular weight excluding hydrogens is 290 g/mol. The van der Waals surface area contributed by atoms with E-state index in [9.17, 15) is 8.42 Å². The second-order valence-corrected chi connectivity index (χ2v) is 7.36. The van der Waals surface area contributed by atoms with E-state index in [1.165, 1.54) is 17.1 Å². The smallest absolute Gasteiger partial charge is 0.260 e. The van der Waals surface area contributed by atoms with Gasteiger partial charge >= 0.3 is 0 Å². The largest absolute Gasteiger partial charge is 0.313 e. The molecule has 1 aliphatic heterocycles. The van der Waals surface area contributed by atoms with Crippen molar-refractivity contribution in [3.05, 3.63) is 11.8 Å². The fourth-order valence-corrected chi connectivity index (χ4v) is 3.73. The molecule has 0 aliphatic carbocycles. The molecule has 120 valence electrons. The van der Waals surface area contributed by atoms with E-state index in [1.807, 2.05) is 6.92 Å². The molecule has 8 heteroatoms. The topological polar surface area (TPSA) is 81.3 Å². The van der Waals surface area contributed by atoms with Gasteiger partial charge in [0.25, 0.3) is 10.0 Å². The van der Waals surface area contributed by atoms with Crippen LogP contribution in [0.4, 0.5) is 0 Å². The molecule has 1 saturated heterocycles. The summed E-state index contributed by atoms with van der Waals surface area (Å²) < 4.78 is 26.6. The highest BCUT2D eigenvalue weighted by Crippen LogP contribution is 2.16. The number of nitrogens with zero attached hydrogens (tertiary/aromatic N) is 3. The number of aromatic amines is 1. The van der Waals surface area contributed by atoms with E-state index in [0.717, 1.165) is 26.2 Å². The van der Waals surface area contributed by atoms with Crippen molar-refractivity contribution in [1.29, 1.82) is 0 Å². The Morgan fingerprint density at radius 1 is 1.43 bits per heavy atom. The van der Waals surface area contributed by atoms with E-state index < -0.39 is 10.0 Å². The molecule has 0 radical (unpaired) electrons. The van der Waals surface area contributed by atoms with E-state index in [2.05, 4.69) is 20.4 Å². The van der Waals surface area contributed by atoms with Crippen LogP contribution in [0.1, 0.15) is 25.3 Å². The number of aromatic nitrogens is 2. The minimum atomic E-state index is -3.50. The Labute approximate surface area is 126 Å². The molecule has 0 aromatic carbocycles. The highest BCUT2D eigenvalue weighted by atomic mass is 32.2. The highest BCUT2D eigenvalue weighted by molar-refractivity contribution is 7.89. The molecular formula is C13H25N5O2S. The molecule has 0 spiro atoms. The quantitative estimate of drug-likeness (QED) is 0.718. The molecule has 2 rings (SSSR count). The second kappa shape index (κ2) is 7.35.